The normalized spacial score (nSPS) is 14.4. The van der Waals surface area contributed by atoms with Gasteiger partial charge in [0.1, 0.15) is 0 Å². The Morgan fingerprint density at radius 2 is 1.72 bits per heavy atom. The fraction of sp³-hybridized carbons (Fsp3) is 0.364. The average molecular weight is 479 g/mol. The number of halogens is 1. The number of nitrogens with one attached hydrogen (secondary N) is 3. The van der Waals surface area contributed by atoms with Crippen LogP contribution in [-0.2, 0) is 16.6 Å². The van der Waals surface area contributed by atoms with E-state index < -0.39 is 15.9 Å². The highest BCUT2D eigenvalue weighted by atomic mass is 35.5. The zero-order valence-electron chi connectivity index (χ0n) is 18.0. The number of sulfonamides is 1. The van der Waals surface area contributed by atoms with Crippen LogP contribution in [0.15, 0.2) is 47.4 Å². The van der Waals surface area contributed by atoms with Crippen molar-refractivity contribution >= 4 is 39.2 Å². The van der Waals surface area contributed by atoms with E-state index in [0.717, 1.165) is 18.4 Å². The van der Waals surface area contributed by atoms with Gasteiger partial charge in [-0.05, 0) is 62.6 Å². The highest BCUT2D eigenvalue weighted by Gasteiger charge is 2.28. The van der Waals surface area contributed by atoms with Crippen LogP contribution < -0.4 is 16.0 Å². The van der Waals surface area contributed by atoms with Gasteiger partial charge in [-0.3, -0.25) is 4.79 Å². The summed E-state index contributed by atoms with van der Waals surface area (Å²) >= 11 is 6.17. The van der Waals surface area contributed by atoms with E-state index in [-0.39, 0.29) is 34.1 Å². The van der Waals surface area contributed by atoms with Gasteiger partial charge >= 0.3 is 6.03 Å². The summed E-state index contributed by atoms with van der Waals surface area (Å²) in [7, 11) is -3.65. The second-order valence-corrected chi connectivity index (χ2v) is 10.2. The third-order valence-corrected chi connectivity index (χ3v) is 7.19. The highest BCUT2D eigenvalue weighted by Crippen LogP contribution is 2.25. The maximum atomic E-state index is 12.8. The summed E-state index contributed by atoms with van der Waals surface area (Å²) in [5.41, 5.74) is 1.54. The molecule has 0 bridgehead atoms. The van der Waals surface area contributed by atoms with Crippen molar-refractivity contribution in [2.24, 2.45) is 0 Å². The van der Waals surface area contributed by atoms with Gasteiger partial charge in [0.25, 0.3) is 5.91 Å². The van der Waals surface area contributed by atoms with Crippen LogP contribution >= 0.6 is 11.6 Å². The Balaban J connectivity index is 1.64. The minimum Gasteiger partial charge on any atom is -0.348 e. The largest absolute Gasteiger partial charge is 0.348 e. The molecule has 0 aliphatic carbocycles. The van der Waals surface area contributed by atoms with E-state index in [1.807, 2.05) is 13.8 Å². The second kappa shape index (κ2) is 10.3. The van der Waals surface area contributed by atoms with Gasteiger partial charge in [0.2, 0.25) is 10.0 Å². The zero-order valence-corrected chi connectivity index (χ0v) is 19.6. The van der Waals surface area contributed by atoms with Crippen molar-refractivity contribution in [3.8, 4) is 0 Å². The maximum absolute atomic E-state index is 12.8. The fourth-order valence-electron chi connectivity index (χ4n) is 3.33. The van der Waals surface area contributed by atoms with Crippen molar-refractivity contribution in [1.82, 2.24) is 14.9 Å². The van der Waals surface area contributed by atoms with Crippen LogP contribution in [0.25, 0.3) is 0 Å². The smallest absolute Gasteiger partial charge is 0.319 e. The monoisotopic (exact) mass is 478 g/mol. The number of carbonyl (C=O) groups excluding carboxylic acids is 2. The van der Waals surface area contributed by atoms with Crippen LogP contribution in [0.2, 0.25) is 5.02 Å². The zero-order chi connectivity index (χ0) is 23.3. The van der Waals surface area contributed by atoms with Crippen LogP contribution in [0.4, 0.5) is 10.5 Å². The van der Waals surface area contributed by atoms with Crippen molar-refractivity contribution in [3.63, 3.8) is 0 Å². The number of carbonyl (C=O) groups is 2. The van der Waals surface area contributed by atoms with E-state index in [2.05, 4.69) is 16.0 Å². The number of hydrogen-bond donors (Lipinski definition) is 3. The summed E-state index contributed by atoms with van der Waals surface area (Å²) in [5.74, 6) is -0.466. The topological polar surface area (TPSA) is 108 Å². The van der Waals surface area contributed by atoms with Gasteiger partial charge in [-0.15, -0.1) is 0 Å². The van der Waals surface area contributed by atoms with Crippen molar-refractivity contribution in [2.45, 2.75) is 44.2 Å². The molecule has 1 fully saturated rings. The number of rotatable bonds is 7. The summed E-state index contributed by atoms with van der Waals surface area (Å²) in [6.07, 6.45) is 1.66. The molecular weight excluding hydrogens is 452 g/mol. The summed E-state index contributed by atoms with van der Waals surface area (Å²) < 4.78 is 27.0. The van der Waals surface area contributed by atoms with Crippen LogP contribution in [0.1, 0.15) is 42.6 Å². The summed E-state index contributed by atoms with van der Waals surface area (Å²) in [5, 5.41) is 8.40. The van der Waals surface area contributed by atoms with Gasteiger partial charge < -0.3 is 16.0 Å². The molecule has 0 aromatic heterocycles. The Morgan fingerprint density at radius 3 is 2.34 bits per heavy atom. The molecule has 3 rings (SSSR count). The lowest BCUT2D eigenvalue weighted by Gasteiger charge is -2.16. The molecule has 0 saturated carbocycles. The Kier molecular flexibility index (Phi) is 7.76. The number of urea groups is 1. The van der Waals surface area contributed by atoms with Crippen LogP contribution in [0, 0.1) is 0 Å². The minimum absolute atomic E-state index is 0.0279. The first-order valence-corrected chi connectivity index (χ1v) is 12.2. The molecule has 1 heterocycles. The van der Waals surface area contributed by atoms with E-state index in [9.17, 15) is 18.0 Å². The summed E-state index contributed by atoms with van der Waals surface area (Å²) in [4.78, 5) is 24.5. The first kappa shape index (κ1) is 24.0. The molecule has 2 aromatic carbocycles. The number of anilines is 1. The highest BCUT2D eigenvalue weighted by molar-refractivity contribution is 7.89. The first-order valence-electron chi connectivity index (χ1n) is 10.4. The van der Waals surface area contributed by atoms with Crippen LogP contribution in [0.5, 0.6) is 0 Å². The van der Waals surface area contributed by atoms with E-state index in [4.69, 9.17) is 11.6 Å². The molecule has 3 N–H and O–H groups in total. The van der Waals surface area contributed by atoms with Crippen LogP contribution in [-0.4, -0.2) is 43.8 Å². The summed E-state index contributed by atoms with van der Waals surface area (Å²) in [6.45, 7) is 4.92. The van der Waals surface area contributed by atoms with E-state index in [0.29, 0.717) is 18.8 Å². The third kappa shape index (κ3) is 5.99. The maximum Gasteiger partial charge on any atom is 0.319 e. The quantitative estimate of drug-likeness (QED) is 0.565. The molecule has 1 aliphatic rings. The van der Waals surface area contributed by atoms with Crippen molar-refractivity contribution in [3.05, 3.63) is 58.6 Å². The molecule has 0 radical (unpaired) electrons. The number of benzene rings is 2. The predicted octanol–water partition coefficient (Wildman–Crippen LogP) is 3.58. The third-order valence-electron chi connectivity index (χ3n) is 4.97. The molecule has 8 nitrogen and oxygen atoms in total. The Hall–Kier alpha value is -2.62. The predicted molar refractivity (Wildman–Crippen MR) is 124 cm³/mol. The number of hydrogen-bond acceptors (Lipinski definition) is 4. The van der Waals surface area contributed by atoms with Crippen molar-refractivity contribution in [2.75, 3.05) is 18.4 Å². The van der Waals surface area contributed by atoms with Crippen molar-refractivity contribution in [1.29, 1.82) is 0 Å². The second-order valence-electron chi connectivity index (χ2n) is 7.89. The molecule has 0 unspecified atom stereocenters. The molecule has 2 aromatic rings. The van der Waals surface area contributed by atoms with E-state index in [1.165, 1.54) is 22.5 Å². The SMILES string of the molecule is CC(C)NC(=O)Nc1ccc(CNC(=O)c2cc(S(=O)(=O)N3CCCC3)ccc2Cl)cc1. The molecule has 3 amide bonds. The molecule has 0 atom stereocenters. The molecule has 1 aliphatic heterocycles. The first-order chi connectivity index (χ1) is 15.2. The van der Waals surface area contributed by atoms with Crippen LogP contribution in [0.3, 0.4) is 0 Å². The Labute approximate surface area is 193 Å². The lowest BCUT2D eigenvalue weighted by molar-refractivity contribution is 0.0951. The minimum atomic E-state index is -3.65. The van der Waals surface area contributed by atoms with E-state index >= 15 is 0 Å². The molecule has 10 heteroatoms. The number of amides is 3. The lowest BCUT2D eigenvalue weighted by atomic mass is 10.2. The molecule has 1 saturated heterocycles. The Bertz CT molecular complexity index is 1080. The van der Waals surface area contributed by atoms with Gasteiger partial charge in [0.05, 0.1) is 15.5 Å². The molecule has 0 spiro atoms. The van der Waals surface area contributed by atoms with Gasteiger partial charge in [0.15, 0.2) is 0 Å². The van der Waals surface area contributed by atoms with Gasteiger partial charge in [-0.2, -0.15) is 4.31 Å². The van der Waals surface area contributed by atoms with Crippen molar-refractivity contribution < 1.29 is 18.0 Å². The molecular formula is C22H27ClN4O4S. The Morgan fingerprint density at radius 1 is 1.06 bits per heavy atom. The standard InChI is InChI=1S/C22H27ClN4O4S/c1-15(2)25-22(29)26-17-7-5-16(6-8-17)14-24-21(28)19-13-18(9-10-20(19)23)32(30,31)27-11-3-4-12-27/h5-10,13,15H,3-4,11-12,14H2,1-2H3,(H,24,28)(H2,25,26,29). The average Bonchev–Trinajstić information content (AvgIpc) is 3.28. The van der Waals surface area contributed by atoms with Gasteiger partial charge in [-0.1, -0.05) is 23.7 Å². The number of nitrogens with zero attached hydrogens (tertiary/aromatic N) is 1. The van der Waals surface area contributed by atoms with Gasteiger partial charge in [-0.25, -0.2) is 13.2 Å². The molecule has 32 heavy (non-hydrogen) atoms. The molecule has 172 valence electrons. The fourth-order valence-corrected chi connectivity index (χ4v) is 5.08. The lowest BCUT2D eigenvalue weighted by Crippen LogP contribution is -2.34. The van der Waals surface area contributed by atoms with Gasteiger partial charge in [0, 0.05) is 31.4 Å². The van der Waals surface area contributed by atoms with E-state index in [1.54, 1.807) is 24.3 Å². The summed E-state index contributed by atoms with van der Waals surface area (Å²) in [6, 6.07) is 10.9.